The van der Waals surface area contributed by atoms with Crippen LogP contribution in [0.1, 0.15) is 23.4 Å². The number of hydrogen-bond acceptors (Lipinski definition) is 5. The quantitative estimate of drug-likeness (QED) is 0.812. The molecular weight excluding hydrogens is 300 g/mol. The fourth-order valence-corrected chi connectivity index (χ4v) is 2.13. The van der Waals surface area contributed by atoms with Crippen LogP contribution in [0.25, 0.3) is 0 Å². The summed E-state index contributed by atoms with van der Waals surface area (Å²) in [5, 5.41) is 15.2. The number of ether oxygens (including phenoxy) is 1. The Morgan fingerprint density at radius 2 is 2.13 bits per heavy atom. The van der Waals surface area contributed by atoms with E-state index < -0.39 is 12.6 Å². The van der Waals surface area contributed by atoms with Gasteiger partial charge in [-0.3, -0.25) is 4.79 Å². The molecule has 7 nitrogen and oxygen atoms in total. The molecule has 0 atom stereocenters. The van der Waals surface area contributed by atoms with E-state index in [0.29, 0.717) is 24.3 Å². The molecule has 0 aliphatic carbocycles. The lowest BCUT2D eigenvalue weighted by Gasteiger charge is -2.08. The van der Waals surface area contributed by atoms with Crippen molar-refractivity contribution in [3.05, 3.63) is 41.3 Å². The highest BCUT2D eigenvalue weighted by atomic mass is 16.5. The maximum atomic E-state index is 12.0. The van der Waals surface area contributed by atoms with Crippen LogP contribution in [0.2, 0.25) is 0 Å². The topological polar surface area (TPSA) is 102 Å². The van der Waals surface area contributed by atoms with E-state index in [-0.39, 0.29) is 5.91 Å². The molecule has 23 heavy (non-hydrogen) atoms. The van der Waals surface area contributed by atoms with E-state index in [2.05, 4.69) is 10.5 Å². The molecule has 0 saturated heterocycles. The Morgan fingerprint density at radius 1 is 1.35 bits per heavy atom. The lowest BCUT2D eigenvalue weighted by atomic mass is 10.1. The first-order valence-corrected chi connectivity index (χ1v) is 7.12. The summed E-state index contributed by atoms with van der Waals surface area (Å²) in [7, 11) is 0. The molecule has 0 spiro atoms. The number of carboxylic acid groups (broad SMARTS) is 1. The third-order valence-corrected chi connectivity index (χ3v) is 3.26. The minimum absolute atomic E-state index is 0.152. The Morgan fingerprint density at radius 3 is 2.78 bits per heavy atom. The molecule has 0 aliphatic rings. The number of amides is 1. The van der Waals surface area contributed by atoms with E-state index in [1.54, 1.807) is 24.3 Å². The molecule has 2 N–H and O–H groups in total. The van der Waals surface area contributed by atoms with Gasteiger partial charge in [-0.2, -0.15) is 0 Å². The van der Waals surface area contributed by atoms with Crippen LogP contribution in [0.15, 0.2) is 28.8 Å². The van der Waals surface area contributed by atoms with Gasteiger partial charge < -0.3 is 19.7 Å². The molecule has 0 unspecified atom stereocenters. The van der Waals surface area contributed by atoms with E-state index in [9.17, 15) is 9.59 Å². The number of carboxylic acids is 1. The Hall–Kier alpha value is -2.83. The predicted molar refractivity (Wildman–Crippen MR) is 82.5 cm³/mol. The van der Waals surface area contributed by atoms with Crippen LogP contribution in [0.5, 0.6) is 5.75 Å². The van der Waals surface area contributed by atoms with Crippen LogP contribution < -0.4 is 10.1 Å². The van der Waals surface area contributed by atoms with Crippen molar-refractivity contribution in [3.8, 4) is 5.75 Å². The van der Waals surface area contributed by atoms with Crippen LogP contribution in [0.4, 0.5) is 5.69 Å². The van der Waals surface area contributed by atoms with Crippen molar-refractivity contribution >= 4 is 17.6 Å². The van der Waals surface area contributed by atoms with Gasteiger partial charge in [-0.25, -0.2) is 4.79 Å². The fraction of sp³-hybridized carbons (Fsp3) is 0.312. The van der Waals surface area contributed by atoms with Gasteiger partial charge in [0.1, 0.15) is 11.5 Å². The lowest BCUT2D eigenvalue weighted by Crippen LogP contribution is -2.13. The van der Waals surface area contributed by atoms with Crippen molar-refractivity contribution in [2.75, 3.05) is 11.9 Å². The number of nitrogens with zero attached hydrogens (tertiary/aromatic N) is 1. The molecule has 0 aliphatic heterocycles. The van der Waals surface area contributed by atoms with E-state index in [0.717, 1.165) is 17.0 Å². The van der Waals surface area contributed by atoms with Crippen molar-refractivity contribution in [3.63, 3.8) is 0 Å². The summed E-state index contributed by atoms with van der Waals surface area (Å²) in [6.45, 7) is 3.23. The zero-order valence-corrected chi connectivity index (χ0v) is 13.0. The summed E-state index contributed by atoms with van der Waals surface area (Å²) in [5.74, 6) is -0.102. The lowest BCUT2D eigenvalue weighted by molar-refractivity contribution is -0.139. The molecule has 1 heterocycles. The van der Waals surface area contributed by atoms with Gasteiger partial charge in [0.2, 0.25) is 5.91 Å². The average Bonchev–Trinajstić information content (AvgIpc) is 2.82. The van der Waals surface area contributed by atoms with Gasteiger partial charge in [0.25, 0.3) is 0 Å². The van der Waals surface area contributed by atoms with Gasteiger partial charge in [-0.05, 0) is 32.4 Å². The van der Waals surface area contributed by atoms with Crippen molar-refractivity contribution in [1.29, 1.82) is 0 Å². The molecule has 1 aromatic carbocycles. The van der Waals surface area contributed by atoms with Crippen LogP contribution in [0.3, 0.4) is 0 Å². The maximum absolute atomic E-state index is 12.0. The molecular formula is C16H18N2O5. The zero-order chi connectivity index (χ0) is 16.8. The van der Waals surface area contributed by atoms with Crippen molar-refractivity contribution in [2.24, 2.45) is 0 Å². The minimum atomic E-state index is -1.06. The Balaban J connectivity index is 1.90. The van der Waals surface area contributed by atoms with Crippen LogP contribution >= 0.6 is 0 Å². The van der Waals surface area contributed by atoms with Gasteiger partial charge in [-0.1, -0.05) is 11.2 Å². The van der Waals surface area contributed by atoms with Crippen LogP contribution in [0, 0.1) is 13.8 Å². The first-order chi connectivity index (χ1) is 11.0. The highest BCUT2D eigenvalue weighted by Crippen LogP contribution is 2.18. The second-order valence-electron chi connectivity index (χ2n) is 5.06. The highest BCUT2D eigenvalue weighted by molar-refractivity contribution is 5.91. The summed E-state index contributed by atoms with van der Waals surface area (Å²) < 4.78 is 10.1. The third-order valence-electron chi connectivity index (χ3n) is 3.26. The van der Waals surface area contributed by atoms with E-state index in [1.807, 2.05) is 13.8 Å². The second-order valence-corrected chi connectivity index (χ2v) is 5.06. The number of anilines is 1. The largest absolute Gasteiger partial charge is 0.482 e. The zero-order valence-electron chi connectivity index (χ0n) is 13.0. The summed E-state index contributed by atoms with van der Waals surface area (Å²) in [6, 6.07) is 6.60. The average molecular weight is 318 g/mol. The first kappa shape index (κ1) is 16.5. The molecule has 2 aromatic rings. The van der Waals surface area contributed by atoms with Crippen LogP contribution in [-0.2, 0) is 16.0 Å². The minimum Gasteiger partial charge on any atom is -0.482 e. The first-order valence-electron chi connectivity index (χ1n) is 7.12. The molecule has 0 radical (unpaired) electrons. The standard InChI is InChI=1S/C16H18N2O5/c1-10-14(11(2)23-18-10)6-7-15(19)17-12-4-3-5-13(8-12)22-9-16(20)21/h3-5,8H,6-7,9H2,1-2H3,(H,17,19)(H,20,21). The number of hydrogen-bond donors (Lipinski definition) is 2. The number of nitrogens with one attached hydrogen (secondary N) is 1. The van der Waals surface area contributed by atoms with Crippen molar-refractivity contribution in [1.82, 2.24) is 5.16 Å². The molecule has 0 bridgehead atoms. The number of aryl methyl sites for hydroxylation is 2. The third kappa shape index (κ3) is 4.84. The fourth-order valence-electron chi connectivity index (χ4n) is 2.13. The van der Waals surface area contributed by atoms with Crippen molar-refractivity contribution in [2.45, 2.75) is 26.7 Å². The van der Waals surface area contributed by atoms with Gasteiger partial charge in [0.15, 0.2) is 6.61 Å². The molecule has 7 heteroatoms. The Kier molecular flexibility index (Phi) is 5.35. The van der Waals surface area contributed by atoms with Gasteiger partial charge in [-0.15, -0.1) is 0 Å². The molecule has 1 amide bonds. The Labute approximate surface area is 133 Å². The normalized spacial score (nSPS) is 10.3. The summed E-state index contributed by atoms with van der Waals surface area (Å²) in [4.78, 5) is 22.5. The number of rotatable bonds is 7. The molecule has 2 rings (SSSR count). The van der Waals surface area contributed by atoms with Gasteiger partial charge in [0, 0.05) is 23.7 Å². The van der Waals surface area contributed by atoms with Gasteiger partial charge in [0.05, 0.1) is 5.69 Å². The van der Waals surface area contributed by atoms with E-state index >= 15 is 0 Å². The van der Waals surface area contributed by atoms with E-state index in [4.69, 9.17) is 14.4 Å². The summed E-state index contributed by atoms with van der Waals surface area (Å²) >= 11 is 0. The summed E-state index contributed by atoms with van der Waals surface area (Å²) in [5.41, 5.74) is 2.29. The number of benzene rings is 1. The summed E-state index contributed by atoms with van der Waals surface area (Å²) in [6.07, 6.45) is 0.839. The van der Waals surface area contributed by atoms with Crippen molar-refractivity contribution < 1.29 is 24.0 Å². The Bertz CT molecular complexity index is 689. The number of carbonyl (C=O) groups is 2. The molecule has 0 saturated carbocycles. The van der Waals surface area contributed by atoms with Crippen LogP contribution in [-0.4, -0.2) is 28.7 Å². The second kappa shape index (κ2) is 7.44. The predicted octanol–water partition coefficient (Wildman–Crippen LogP) is 2.33. The highest BCUT2D eigenvalue weighted by Gasteiger charge is 2.11. The maximum Gasteiger partial charge on any atom is 0.341 e. The number of aliphatic carboxylic acids is 1. The molecule has 0 fully saturated rings. The van der Waals surface area contributed by atoms with E-state index in [1.165, 1.54) is 0 Å². The molecule has 122 valence electrons. The smallest absolute Gasteiger partial charge is 0.341 e. The molecule has 1 aromatic heterocycles. The number of aromatic nitrogens is 1. The van der Waals surface area contributed by atoms with Gasteiger partial charge >= 0.3 is 5.97 Å². The monoisotopic (exact) mass is 318 g/mol. The number of carbonyl (C=O) groups excluding carboxylic acids is 1. The SMILES string of the molecule is Cc1noc(C)c1CCC(=O)Nc1cccc(OCC(=O)O)c1.